The number of hydrogen-bond donors (Lipinski definition) is 1. The van der Waals surface area contributed by atoms with Gasteiger partial charge in [-0.05, 0) is 19.1 Å². The van der Waals surface area contributed by atoms with E-state index in [1.54, 1.807) is 24.6 Å². The summed E-state index contributed by atoms with van der Waals surface area (Å²) in [4.78, 5) is 6.63. The number of hydrogen-bond acceptors (Lipinski definition) is 5. The number of ether oxygens (including phenoxy) is 1. The van der Waals surface area contributed by atoms with Gasteiger partial charge in [0.05, 0.1) is 24.2 Å². The minimum atomic E-state index is 0.633. The summed E-state index contributed by atoms with van der Waals surface area (Å²) < 4.78 is 10.6. The number of nitrogens with zero attached hydrogens (tertiary/aromatic N) is 1. The van der Waals surface area contributed by atoms with Crippen molar-refractivity contribution in [1.29, 1.82) is 0 Å². The van der Waals surface area contributed by atoms with Gasteiger partial charge in [-0.2, -0.15) is 0 Å². The molecule has 2 rings (SSSR count). The third-order valence-electron chi connectivity index (χ3n) is 2.30. The number of rotatable bonds is 6. The van der Waals surface area contributed by atoms with Crippen LogP contribution in [0.4, 0.5) is 0 Å². The predicted octanol–water partition coefficient (Wildman–Crippen LogP) is 2.45. The highest BCUT2D eigenvalue weighted by Crippen LogP contribution is 2.27. The van der Waals surface area contributed by atoms with Crippen LogP contribution in [0.3, 0.4) is 0 Å². The molecule has 0 atom stereocenters. The Labute approximate surface area is 105 Å². The van der Waals surface area contributed by atoms with Gasteiger partial charge in [0, 0.05) is 18.5 Å². The molecule has 2 heterocycles. The molecular formula is C12H16N2O2S. The molecule has 0 amide bonds. The van der Waals surface area contributed by atoms with E-state index in [2.05, 4.69) is 29.4 Å². The van der Waals surface area contributed by atoms with Crippen molar-refractivity contribution in [2.24, 2.45) is 0 Å². The number of methoxy groups -OCH3 is 1. The van der Waals surface area contributed by atoms with E-state index in [-0.39, 0.29) is 0 Å². The minimum Gasteiger partial charge on any atom is -0.438 e. The molecule has 17 heavy (non-hydrogen) atoms. The van der Waals surface area contributed by atoms with Crippen LogP contribution >= 0.6 is 11.3 Å². The van der Waals surface area contributed by atoms with Crippen molar-refractivity contribution in [3.63, 3.8) is 0 Å². The summed E-state index contributed by atoms with van der Waals surface area (Å²) in [6, 6.07) is 4.14. The second-order valence-corrected chi connectivity index (χ2v) is 4.99. The first-order chi connectivity index (χ1) is 8.29. The van der Waals surface area contributed by atoms with Gasteiger partial charge < -0.3 is 14.5 Å². The van der Waals surface area contributed by atoms with Crippen LogP contribution in [0.15, 0.2) is 22.7 Å². The molecule has 0 radical (unpaired) electrons. The second kappa shape index (κ2) is 5.95. The Bertz CT molecular complexity index is 465. The first-order valence-electron chi connectivity index (χ1n) is 5.51. The average Bonchev–Trinajstić information content (AvgIpc) is 2.93. The van der Waals surface area contributed by atoms with E-state index < -0.39 is 0 Å². The average molecular weight is 252 g/mol. The van der Waals surface area contributed by atoms with E-state index in [9.17, 15) is 0 Å². The summed E-state index contributed by atoms with van der Waals surface area (Å²) in [5.74, 6) is 1.55. The maximum absolute atomic E-state index is 5.66. The van der Waals surface area contributed by atoms with Crippen molar-refractivity contribution >= 4 is 11.3 Å². The molecule has 1 N–H and O–H groups in total. The topological polar surface area (TPSA) is 47.3 Å². The number of oxazole rings is 1. The summed E-state index contributed by atoms with van der Waals surface area (Å²) in [6.07, 6.45) is 1.78. The lowest BCUT2D eigenvalue weighted by Crippen LogP contribution is -2.18. The zero-order valence-electron chi connectivity index (χ0n) is 10.0. The Hall–Kier alpha value is -1.17. The fourth-order valence-electron chi connectivity index (χ4n) is 1.44. The lowest BCUT2D eigenvalue weighted by Gasteiger charge is -1.99. The summed E-state index contributed by atoms with van der Waals surface area (Å²) >= 11 is 1.71. The lowest BCUT2D eigenvalue weighted by atomic mass is 10.4. The molecule has 0 fully saturated rings. The zero-order chi connectivity index (χ0) is 12.1. The lowest BCUT2D eigenvalue weighted by molar-refractivity contribution is 0.198. The van der Waals surface area contributed by atoms with Gasteiger partial charge in [-0.25, -0.2) is 4.98 Å². The maximum Gasteiger partial charge on any atom is 0.208 e. The molecule has 0 saturated heterocycles. The summed E-state index contributed by atoms with van der Waals surface area (Å²) in [5.41, 5.74) is 0. The van der Waals surface area contributed by atoms with Crippen molar-refractivity contribution < 1.29 is 9.15 Å². The Balaban J connectivity index is 1.92. The van der Waals surface area contributed by atoms with Crippen LogP contribution in [-0.2, 0) is 11.3 Å². The van der Waals surface area contributed by atoms with Crippen LogP contribution in [0.1, 0.15) is 10.8 Å². The molecule has 2 aromatic rings. The molecule has 0 spiro atoms. The third kappa shape index (κ3) is 3.39. The quantitative estimate of drug-likeness (QED) is 0.802. The first-order valence-corrected chi connectivity index (χ1v) is 6.32. The second-order valence-electron chi connectivity index (χ2n) is 3.70. The molecule has 0 aliphatic carbocycles. The van der Waals surface area contributed by atoms with Crippen LogP contribution in [0.25, 0.3) is 10.6 Å². The van der Waals surface area contributed by atoms with Crippen molar-refractivity contribution in [3.05, 3.63) is 29.1 Å². The van der Waals surface area contributed by atoms with E-state index >= 15 is 0 Å². The van der Waals surface area contributed by atoms with Crippen LogP contribution < -0.4 is 5.32 Å². The largest absolute Gasteiger partial charge is 0.438 e. The SMILES string of the molecule is COCCNCc1ncc(-c2ccc(C)s2)o1. The van der Waals surface area contributed by atoms with Crippen molar-refractivity contribution in [2.75, 3.05) is 20.3 Å². The summed E-state index contributed by atoms with van der Waals surface area (Å²) in [6.45, 7) is 4.20. The van der Waals surface area contributed by atoms with E-state index in [4.69, 9.17) is 9.15 Å². The van der Waals surface area contributed by atoms with Crippen molar-refractivity contribution in [3.8, 4) is 10.6 Å². The molecule has 0 aliphatic heterocycles. The van der Waals surface area contributed by atoms with Crippen LogP contribution in [0.2, 0.25) is 0 Å². The number of nitrogens with one attached hydrogen (secondary N) is 1. The van der Waals surface area contributed by atoms with Gasteiger partial charge in [0.1, 0.15) is 0 Å². The molecule has 0 aliphatic rings. The van der Waals surface area contributed by atoms with Crippen molar-refractivity contribution in [1.82, 2.24) is 10.3 Å². The normalized spacial score (nSPS) is 10.9. The smallest absolute Gasteiger partial charge is 0.208 e. The molecule has 2 aromatic heterocycles. The first kappa shape index (κ1) is 12.3. The fourth-order valence-corrected chi connectivity index (χ4v) is 2.26. The van der Waals surface area contributed by atoms with Crippen LogP contribution in [0.5, 0.6) is 0 Å². The molecule has 5 heteroatoms. The highest BCUT2D eigenvalue weighted by molar-refractivity contribution is 7.15. The van der Waals surface area contributed by atoms with Gasteiger partial charge in [0.15, 0.2) is 5.76 Å². The fraction of sp³-hybridized carbons (Fsp3) is 0.417. The third-order valence-corrected chi connectivity index (χ3v) is 3.31. The van der Waals surface area contributed by atoms with Crippen molar-refractivity contribution in [2.45, 2.75) is 13.5 Å². The standard InChI is InChI=1S/C12H16N2O2S/c1-9-3-4-11(17-9)10-7-14-12(16-10)8-13-5-6-15-2/h3-4,7,13H,5-6,8H2,1-2H3. The monoisotopic (exact) mass is 252 g/mol. The Morgan fingerprint density at radius 1 is 1.47 bits per heavy atom. The Morgan fingerprint density at radius 2 is 2.35 bits per heavy atom. The van der Waals surface area contributed by atoms with Gasteiger partial charge in [0.25, 0.3) is 0 Å². The maximum atomic E-state index is 5.66. The predicted molar refractivity (Wildman–Crippen MR) is 68.1 cm³/mol. The number of thiophene rings is 1. The molecule has 0 aromatic carbocycles. The van der Waals surface area contributed by atoms with E-state index in [0.29, 0.717) is 19.0 Å². The molecular weight excluding hydrogens is 236 g/mol. The van der Waals surface area contributed by atoms with Gasteiger partial charge in [-0.15, -0.1) is 11.3 Å². The van der Waals surface area contributed by atoms with E-state index in [0.717, 1.165) is 17.2 Å². The number of aryl methyl sites for hydroxylation is 1. The van der Waals surface area contributed by atoms with Gasteiger partial charge in [-0.3, -0.25) is 0 Å². The molecule has 4 nitrogen and oxygen atoms in total. The molecule has 0 bridgehead atoms. The van der Waals surface area contributed by atoms with Crippen LogP contribution in [0, 0.1) is 6.92 Å². The zero-order valence-corrected chi connectivity index (χ0v) is 10.8. The summed E-state index contributed by atoms with van der Waals surface area (Å²) in [7, 11) is 1.68. The van der Waals surface area contributed by atoms with Gasteiger partial charge >= 0.3 is 0 Å². The van der Waals surface area contributed by atoms with Gasteiger partial charge in [-0.1, -0.05) is 0 Å². The van der Waals surface area contributed by atoms with Gasteiger partial charge in [0.2, 0.25) is 5.89 Å². The number of aromatic nitrogens is 1. The minimum absolute atomic E-state index is 0.633. The van der Waals surface area contributed by atoms with Crippen LogP contribution in [-0.4, -0.2) is 25.2 Å². The molecule has 0 saturated carbocycles. The highest BCUT2D eigenvalue weighted by atomic mass is 32.1. The van der Waals surface area contributed by atoms with E-state index in [1.165, 1.54) is 4.88 Å². The highest BCUT2D eigenvalue weighted by Gasteiger charge is 2.07. The Morgan fingerprint density at radius 3 is 3.06 bits per heavy atom. The van der Waals surface area contributed by atoms with E-state index in [1.807, 2.05) is 0 Å². The Kier molecular flexibility index (Phi) is 4.30. The molecule has 0 unspecified atom stereocenters. The molecule has 92 valence electrons. The summed E-state index contributed by atoms with van der Waals surface area (Å²) in [5, 5.41) is 3.19.